The van der Waals surface area contributed by atoms with Crippen LogP contribution in [0.15, 0.2) is 0 Å². The highest BCUT2D eigenvalue weighted by Crippen LogP contribution is 2.24. The number of hydrogen-bond donors (Lipinski definition) is 1. The molecule has 0 aromatic carbocycles. The van der Waals surface area contributed by atoms with E-state index in [9.17, 15) is 0 Å². The highest BCUT2D eigenvalue weighted by Gasteiger charge is 2.31. The Bertz CT molecular complexity index is 225. The monoisotopic (exact) mass is 298 g/mol. The molecule has 1 N–H and O–H groups in total. The lowest BCUT2D eigenvalue weighted by molar-refractivity contribution is -0.196. The minimum absolute atomic E-state index is 0.628. The minimum Gasteiger partial charge on any atom is -0.315 e. The lowest BCUT2D eigenvalue weighted by Crippen LogP contribution is -2.43. The Kier molecular flexibility index (Phi) is 11.2. The van der Waals surface area contributed by atoms with Gasteiger partial charge in [-0.25, -0.2) is 0 Å². The van der Waals surface area contributed by atoms with Crippen LogP contribution in [0.2, 0.25) is 0 Å². The van der Waals surface area contributed by atoms with E-state index in [1.165, 1.54) is 64.3 Å². The Balaban J connectivity index is 0.000000222. The molecule has 126 valence electrons. The molecule has 0 aliphatic carbocycles. The maximum Gasteiger partial charge on any atom is 0.0657 e. The van der Waals surface area contributed by atoms with Gasteiger partial charge in [-0.15, -0.1) is 0 Å². The first-order chi connectivity index (χ1) is 10.3. The van der Waals surface area contributed by atoms with Crippen molar-refractivity contribution in [1.82, 2.24) is 10.4 Å². The second kappa shape index (κ2) is 12.4. The van der Waals surface area contributed by atoms with E-state index < -0.39 is 0 Å². The molecule has 3 aliphatic rings. The van der Waals surface area contributed by atoms with Crippen LogP contribution in [0.25, 0.3) is 0 Å². The third-order valence-corrected chi connectivity index (χ3v) is 4.57. The standard InChI is InChI=1S/C9H18N2O.C9H20/c1-2-12-11-7-8-3-4-9(11)6-10-5-8;1-3-5-7-9-8-6-4-2/h8-10H,2-7H2,1H3;3-9H2,1-2H3. The third-order valence-electron chi connectivity index (χ3n) is 4.57. The zero-order chi connectivity index (χ0) is 15.3. The molecule has 0 aromatic rings. The number of hydroxylamine groups is 2. The van der Waals surface area contributed by atoms with E-state index in [2.05, 4.69) is 31.2 Å². The summed E-state index contributed by atoms with van der Waals surface area (Å²) in [5.74, 6) is 0.815. The zero-order valence-electron chi connectivity index (χ0n) is 14.7. The fraction of sp³-hybridized carbons (Fsp3) is 1.00. The molecule has 3 rings (SSSR count). The normalized spacial score (nSPS) is 25.3. The number of nitrogens with one attached hydrogen (secondary N) is 1. The van der Waals surface area contributed by atoms with Crippen molar-refractivity contribution in [2.75, 3.05) is 26.2 Å². The molecule has 3 heteroatoms. The molecule has 2 unspecified atom stereocenters. The van der Waals surface area contributed by atoms with Gasteiger partial charge >= 0.3 is 0 Å². The maximum atomic E-state index is 5.59. The van der Waals surface area contributed by atoms with Crippen LogP contribution in [0.3, 0.4) is 0 Å². The number of piperidine rings is 1. The fourth-order valence-electron chi connectivity index (χ4n) is 3.25. The molecule has 2 atom stereocenters. The summed E-state index contributed by atoms with van der Waals surface area (Å²) in [7, 11) is 0. The van der Waals surface area contributed by atoms with Crippen molar-refractivity contribution in [2.45, 2.75) is 84.6 Å². The molecule has 0 aromatic heterocycles. The number of nitrogens with zero attached hydrogens (tertiary/aromatic N) is 1. The summed E-state index contributed by atoms with van der Waals surface area (Å²) in [5, 5.41) is 5.66. The van der Waals surface area contributed by atoms with Gasteiger partial charge in [0.2, 0.25) is 0 Å². The van der Waals surface area contributed by atoms with E-state index in [4.69, 9.17) is 4.84 Å². The number of fused-ring (bicyclic) bond motifs is 4. The minimum atomic E-state index is 0.628. The molecule has 3 saturated heterocycles. The van der Waals surface area contributed by atoms with Crippen LogP contribution in [0.5, 0.6) is 0 Å². The molecule has 2 bridgehead atoms. The van der Waals surface area contributed by atoms with Crippen LogP contribution in [0, 0.1) is 5.92 Å². The van der Waals surface area contributed by atoms with Crippen LogP contribution < -0.4 is 5.32 Å². The third kappa shape index (κ3) is 8.18. The number of unbranched alkanes of at least 4 members (excludes halogenated alkanes) is 6. The molecule has 3 aliphatic heterocycles. The Hall–Kier alpha value is -0.120. The van der Waals surface area contributed by atoms with Crippen molar-refractivity contribution in [2.24, 2.45) is 5.92 Å². The summed E-state index contributed by atoms with van der Waals surface area (Å²) >= 11 is 0. The molecule has 0 radical (unpaired) electrons. The lowest BCUT2D eigenvalue weighted by Gasteiger charge is -2.34. The maximum absolute atomic E-state index is 5.59. The molecule has 0 amide bonds. The first-order valence-corrected chi connectivity index (χ1v) is 9.42. The van der Waals surface area contributed by atoms with Crippen LogP contribution >= 0.6 is 0 Å². The predicted octanol–water partition coefficient (Wildman–Crippen LogP) is 4.38. The van der Waals surface area contributed by atoms with Crippen molar-refractivity contribution in [3.05, 3.63) is 0 Å². The van der Waals surface area contributed by atoms with Gasteiger partial charge in [-0.3, -0.25) is 4.84 Å². The lowest BCUT2D eigenvalue weighted by atomic mass is 9.97. The highest BCUT2D eigenvalue weighted by atomic mass is 16.7. The average Bonchev–Trinajstić information content (AvgIpc) is 2.84. The van der Waals surface area contributed by atoms with Gasteiger partial charge in [0.25, 0.3) is 0 Å². The Morgan fingerprint density at radius 2 is 1.57 bits per heavy atom. The van der Waals surface area contributed by atoms with Gasteiger partial charge in [0.1, 0.15) is 0 Å². The van der Waals surface area contributed by atoms with Crippen molar-refractivity contribution in [3.63, 3.8) is 0 Å². The van der Waals surface area contributed by atoms with E-state index in [-0.39, 0.29) is 0 Å². The topological polar surface area (TPSA) is 24.5 Å². The van der Waals surface area contributed by atoms with E-state index in [0.29, 0.717) is 6.04 Å². The SMILES string of the molecule is CCCCCCCCC.CCON1CC2CCC1CNC2. The second-order valence-electron chi connectivity index (χ2n) is 6.54. The number of rotatable bonds is 8. The summed E-state index contributed by atoms with van der Waals surface area (Å²) in [5.41, 5.74) is 0. The Labute approximate surface area is 132 Å². The summed E-state index contributed by atoms with van der Waals surface area (Å²) < 4.78 is 0. The van der Waals surface area contributed by atoms with Crippen LogP contribution in [0.4, 0.5) is 0 Å². The van der Waals surface area contributed by atoms with E-state index in [0.717, 1.165) is 25.6 Å². The van der Waals surface area contributed by atoms with Crippen LogP contribution in [-0.2, 0) is 4.84 Å². The smallest absolute Gasteiger partial charge is 0.0657 e. The van der Waals surface area contributed by atoms with Gasteiger partial charge in [-0.05, 0) is 32.2 Å². The summed E-state index contributed by atoms with van der Waals surface area (Å²) in [6, 6.07) is 0.628. The Morgan fingerprint density at radius 3 is 2.19 bits per heavy atom. The largest absolute Gasteiger partial charge is 0.315 e. The predicted molar refractivity (Wildman–Crippen MR) is 91.4 cm³/mol. The van der Waals surface area contributed by atoms with Crippen molar-refractivity contribution in [1.29, 1.82) is 0 Å². The van der Waals surface area contributed by atoms with E-state index >= 15 is 0 Å². The van der Waals surface area contributed by atoms with Gasteiger partial charge in [0, 0.05) is 19.1 Å². The molecule has 3 fully saturated rings. The first kappa shape index (κ1) is 18.9. The molecule has 0 saturated carbocycles. The summed E-state index contributed by atoms with van der Waals surface area (Å²) in [6.45, 7) is 10.8. The van der Waals surface area contributed by atoms with Gasteiger partial charge in [-0.1, -0.05) is 58.8 Å². The van der Waals surface area contributed by atoms with Crippen molar-refractivity contribution >= 4 is 0 Å². The molecule has 21 heavy (non-hydrogen) atoms. The van der Waals surface area contributed by atoms with Gasteiger partial charge in [-0.2, -0.15) is 5.06 Å². The molecular weight excluding hydrogens is 260 g/mol. The Morgan fingerprint density at radius 1 is 0.905 bits per heavy atom. The second-order valence-corrected chi connectivity index (χ2v) is 6.54. The summed E-state index contributed by atoms with van der Waals surface area (Å²) in [6.07, 6.45) is 12.7. The number of hydrogen-bond acceptors (Lipinski definition) is 3. The first-order valence-electron chi connectivity index (χ1n) is 9.42. The van der Waals surface area contributed by atoms with Crippen LogP contribution in [-0.4, -0.2) is 37.3 Å². The molecule has 3 heterocycles. The van der Waals surface area contributed by atoms with Gasteiger partial charge < -0.3 is 5.32 Å². The van der Waals surface area contributed by atoms with Gasteiger partial charge in [0.05, 0.1) is 6.61 Å². The van der Waals surface area contributed by atoms with E-state index in [1.807, 2.05) is 0 Å². The molecular formula is C18H38N2O. The summed E-state index contributed by atoms with van der Waals surface area (Å²) in [4.78, 5) is 5.59. The average molecular weight is 299 g/mol. The quantitative estimate of drug-likeness (QED) is 0.673. The van der Waals surface area contributed by atoms with E-state index in [1.54, 1.807) is 0 Å². The van der Waals surface area contributed by atoms with Crippen LogP contribution in [0.1, 0.15) is 78.6 Å². The molecule has 3 nitrogen and oxygen atoms in total. The zero-order valence-corrected chi connectivity index (χ0v) is 14.7. The molecule has 0 spiro atoms. The highest BCUT2D eigenvalue weighted by molar-refractivity contribution is 4.84. The fourth-order valence-corrected chi connectivity index (χ4v) is 3.25. The van der Waals surface area contributed by atoms with Gasteiger partial charge in [0.15, 0.2) is 0 Å². The van der Waals surface area contributed by atoms with Crippen molar-refractivity contribution in [3.8, 4) is 0 Å². The van der Waals surface area contributed by atoms with Crippen molar-refractivity contribution < 1.29 is 4.84 Å².